The van der Waals surface area contributed by atoms with Crippen molar-refractivity contribution in [1.29, 1.82) is 0 Å². The summed E-state index contributed by atoms with van der Waals surface area (Å²) in [7, 11) is 2.12. The summed E-state index contributed by atoms with van der Waals surface area (Å²) >= 11 is 0. The first-order chi connectivity index (χ1) is 15.2. The molecule has 0 bridgehead atoms. The highest BCUT2D eigenvalue weighted by molar-refractivity contribution is 5.77. The zero-order valence-electron chi connectivity index (χ0n) is 17.6. The molecule has 6 nitrogen and oxygen atoms in total. The molecule has 4 aromatic rings. The SMILES string of the molecule is CN1CC[C@H](Oc2cc(-c3ccc4nc5n(c4n3)[C@@H](c3ccccc3)CC5)ccn2)C1. The van der Waals surface area contributed by atoms with Gasteiger partial charge in [-0.15, -0.1) is 0 Å². The third kappa shape index (κ3) is 3.37. The van der Waals surface area contributed by atoms with Gasteiger partial charge in [-0.1, -0.05) is 30.3 Å². The predicted octanol–water partition coefficient (Wildman–Crippen LogP) is 4.11. The minimum atomic E-state index is 0.202. The van der Waals surface area contributed by atoms with E-state index in [0.29, 0.717) is 11.9 Å². The van der Waals surface area contributed by atoms with Crippen LogP contribution in [0.2, 0.25) is 0 Å². The largest absolute Gasteiger partial charge is 0.473 e. The number of aromatic nitrogens is 4. The summed E-state index contributed by atoms with van der Waals surface area (Å²) in [6.07, 6.45) is 5.09. The van der Waals surface area contributed by atoms with Crippen molar-refractivity contribution < 1.29 is 4.74 Å². The molecule has 0 saturated carbocycles. The number of likely N-dealkylation sites (N-methyl/N-ethyl adjacent to an activating group) is 1. The Bertz CT molecular complexity index is 1240. The number of nitrogens with zero attached hydrogens (tertiary/aromatic N) is 5. The van der Waals surface area contributed by atoms with Crippen LogP contribution in [0.3, 0.4) is 0 Å². The van der Waals surface area contributed by atoms with Gasteiger partial charge in [0.2, 0.25) is 5.88 Å². The molecule has 1 fully saturated rings. The van der Waals surface area contributed by atoms with E-state index in [1.54, 1.807) is 0 Å². The molecule has 5 heterocycles. The van der Waals surface area contributed by atoms with E-state index >= 15 is 0 Å². The summed E-state index contributed by atoms with van der Waals surface area (Å²) in [5, 5.41) is 0. The van der Waals surface area contributed by atoms with Crippen molar-refractivity contribution >= 4 is 11.2 Å². The second-order valence-electron chi connectivity index (χ2n) is 8.58. The lowest BCUT2D eigenvalue weighted by atomic mass is 10.0. The average Bonchev–Trinajstić information content (AvgIpc) is 3.49. The Kier molecular flexibility index (Phi) is 4.46. The molecule has 2 aliphatic rings. The maximum atomic E-state index is 6.13. The molecule has 0 spiro atoms. The summed E-state index contributed by atoms with van der Waals surface area (Å²) in [5.74, 6) is 1.79. The van der Waals surface area contributed by atoms with Gasteiger partial charge in [-0.25, -0.2) is 15.0 Å². The maximum Gasteiger partial charge on any atom is 0.214 e. The Morgan fingerprint density at radius 3 is 2.74 bits per heavy atom. The number of likely N-dealkylation sites (tertiary alicyclic amines) is 1. The van der Waals surface area contributed by atoms with Crippen molar-refractivity contribution in [2.45, 2.75) is 31.4 Å². The molecular weight excluding hydrogens is 386 g/mol. The lowest BCUT2D eigenvalue weighted by Gasteiger charge is -2.15. The number of hydrogen-bond acceptors (Lipinski definition) is 5. The van der Waals surface area contributed by atoms with E-state index in [1.165, 1.54) is 5.56 Å². The van der Waals surface area contributed by atoms with Crippen molar-refractivity contribution in [3.05, 3.63) is 72.2 Å². The molecule has 0 N–H and O–H groups in total. The summed E-state index contributed by atoms with van der Waals surface area (Å²) in [4.78, 5) is 16.6. The van der Waals surface area contributed by atoms with Crippen LogP contribution in [-0.2, 0) is 6.42 Å². The molecule has 0 amide bonds. The Balaban J connectivity index is 1.35. The zero-order chi connectivity index (χ0) is 20.8. The topological polar surface area (TPSA) is 56.1 Å². The number of hydrogen-bond donors (Lipinski definition) is 0. The molecule has 0 aliphatic carbocycles. The number of pyridine rings is 2. The van der Waals surface area contributed by atoms with Crippen LogP contribution in [-0.4, -0.2) is 50.7 Å². The predicted molar refractivity (Wildman–Crippen MR) is 120 cm³/mol. The van der Waals surface area contributed by atoms with E-state index in [0.717, 1.165) is 60.6 Å². The first-order valence-corrected chi connectivity index (χ1v) is 11.0. The van der Waals surface area contributed by atoms with Crippen LogP contribution in [0.5, 0.6) is 5.88 Å². The molecule has 6 heteroatoms. The molecule has 1 aromatic carbocycles. The molecule has 2 aliphatic heterocycles. The van der Waals surface area contributed by atoms with Gasteiger partial charge in [0.1, 0.15) is 17.4 Å². The van der Waals surface area contributed by atoms with Crippen LogP contribution >= 0.6 is 0 Å². The Morgan fingerprint density at radius 1 is 1.00 bits per heavy atom. The molecule has 0 radical (unpaired) electrons. The van der Waals surface area contributed by atoms with Crippen LogP contribution in [0.1, 0.15) is 30.3 Å². The number of benzene rings is 1. The Hall–Kier alpha value is -3.25. The quantitative estimate of drug-likeness (QED) is 0.506. The normalized spacial score (nSPS) is 20.9. The van der Waals surface area contributed by atoms with E-state index in [4.69, 9.17) is 14.7 Å². The first kappa shape index (κ1) is 18.5. The minimum Gasteiger partial charge on any atom is -0.473 e. The molecule has 156 valence electrons. The van der Waals surface area contributed by atoms with Crippen LogP contribution in [0, 0.1) is 0 Å². The maximum absolute atomic E-state index is 6.13. The second kappa shape index (κ2) is 7.46. The molecule has 3 aromatic heterocycles. The fourth-order valence-electron chi connectivity index (χ4n) is 4.87. The van der Waals surface area contributed by atoms with Gasteiger partial charge in [0, 0.05) is 37.3 Å². The van der Waals surface area contributed by atoms with Crippen LogP contribution < -0.4 is 4.74 Å². The van der Waals surface area contributed by atoms with Crippen molar-refractivity contribution in [3.63, 3.8) is 0 Å². The van der Waals surface area contributed by atoms with Gasteiger partial charge in [-0.3, -0.25) is 0 Å². The summed E-state index contributed by atoms with van der Waals surface area (Å²) in [6, 6.07) is 19.1. The van der Waals surface area contributed by atoms with Gasteiger partial charge in [-0.2, -0.15) is 0 Å². The molecule has 2 atom stereocenters. The van der Waals surface area contributed by atoms with Gasteiger partial charge in [0.05, 0.1) is 11.7 Å². The average molecular weight is 412 g/mol. The van der Waals surface area contributed by atoms with Crippen molar-refractivity contribution in [3.8, 4) is 17.1 Å². The number of fused-ring (bicyclic) bond motifs is 3. The van der Waals surface area contributed by atoms with Gasteiger partial charge < -0.3 is 14.2 Å². The number of rotatable bonds is 4. The third-order valence-electron chi connectivity index (χ3n) is 6.41. The summed E-state index contributed by atoms with van der Waals surface area (Å²) in [5.41, 5.74) is 5.16. The standard InChI is InChI=1S/C25H25N5O/c1-29-14-12-19(16-29)31-24-15-18(11-13-26-24)20-7-8-21-25(28-20)30-22(9-10-23(30)27-21)17-5-3-2-4-6-17/h2-8,11,13,15,19,22H,9-10,12,14,16H2,1H3/t19-,22+/m0/s1. The molecule has 1 saturated heterocycles. The second-order valence-corrected chi connectivity index (χ2v) is 8.58. The van der Waals surface area contributed by atoms with E-state index < -0.39 is 0 Å². The molecule has 0 unspecified atom stereocenters. The summed E-state index contributed by atoms with van der Waals surface area (Å²) < 4.78 is 8.45. The number of ether oxygens (including phenoxy) is 1. The Morgan fingerprint density at radius 2 is 1.90 bits per heavy atom. The Labute approximate surface area is 181 Å². The van der Waals surface area contributed by atoms with E-state index in [1.807, 2.05) is 24.4 Å². The highest BCUT2D eigenvalue weighted by Gasteiger charge is 2.28. The fraction of sp³-hybridized carbons (Fsp3) is 0.320. The zero-order valence-corrected chi connectivity index (χ0v) is 17.6. The van der Waals surface area contributed by atoms with Gasteiger partial charge >= 0.3 is 0 Å². The van der Waals surface area contributed by atoms with Crippen LogP contribution in [0.15, 0.2) is 60.8 Å². The van der Waals surface area contributed by atoms with Crippen molar-refractivity contribution in [1.82, 2.24) is 24.4 Å². The van der Waals surface area contributed by atoms with E-state index in [9.17, 15) is 0 Å². The van der Waals surface area contributed by atoms with Crippen LogP contribution in [0.25, 0.3) is 22.4 Å². The molecular formula is C25H25N5O. The van der Waals surface area contributed by atoms with Crippen molar-refractivity contribution in [2.24, 2.45) is 0 Å². The van der Waals surface area contributed by atoms with Gasteiger partial charge in [-0.05, 0) is 43.7 Å². The lowest BCUT2D eigenvalue weighted by molar-refractivity contribution is 0.200. The molecule has 31 heavy (non-hydrogen) atoms. The van der Waals surface area contributed by atoms with Gasteiger partial charge in [0.25, 0.3) is 0 Å². The first-order valence-electron chi connectivity index (χ1n) is 11.0. The summed E-state index contributed by atoms with van der Waals surface area (Å²) in [6.45, 7) is 2.01. The molecule has 6 rings (SSSR count). The fourth-order valence-corrected chi connectivity index (χ4v) is 4.87. The van der Waals surface area contributed by atoms with E-state index in [-0.39, 0.29) is 6.10 Å². The lowest BCUT2D eigenvalue weighted by Crippen LogP contribution is -2.21. The van der Waals surface area contributed by atoms with Crippen LogP contribution in [0.4, 0.5) is 0 Å². The minimum absolute atomic E-state index is 0.202. The van der Waals surface area contributed by atoms with Gasteiger partial charge in [0.15, 0.2) is 5.65 Å². The van der Waals surface area contributed by atoms with E-state index in [2.05, 4.69) is 57.9 Å². The third-order valence-corrected chi connectivity index (χ3v) is 6.41. The smallest absolute Gasteiger partial charge is 0.214 e. The highest BCUT2D eigenvalue weighted by atomic mass is 16.5. The number of aryl methyl sites for hydroxylation is 1. The van der Waals surface area contributed by atoms with Crippen molar-refractivity contribution in [2.75, 3.05) is 20.1 Å². The highest BCUT2D eigenvalue weighted by Crippen LogP contribution is 2.35. The number of imidazole rings is 1. The monoisotopic (exact) mass is 411 g/mol.